The SMILES string of the molecule is Cc1cc(Br)c(NCc2cncs2)cc1Cl. The van der Waals surface area contributed by atoms with Gasteiger partial charge in [-0.05, 0) is 40.5 Å². The Morgan fingerprint density at radius 1 is 1.50 bits per heavy atom. The van der Waals surface area contributed by atoms with Crippen LogP contribution in [0.1, 0.15) is 10.4 Å². The molecular weight excluding hydrogens is 308 g/mol. The van der Waals surface area contributed by atoms with Crippen LogP contribution in [0.5, 0.6) is 0 Å². The van der Waals surface area contributed by atoms with E-state index < -0.39 is 0 Å². The molecule has 5 heteroatoms. The van der Waals surface area contributed by atoms with E-state index in [1.54, 1.807) is 11.3 Å². The molecule has 2 nitrogen and oxygen atoms in total. The summed E-state index contributed by atoms with van der Waals surface area (Å²) in [6, 6.07) is 3.94. The van der Waals surface area contributed by atoms with Crippen molar-refractivity contribution in [3.63, 3.8) is 0 Å². The third-order valence-electron chi connectivity index (χ3n) is 2.18. The molecule has 0 aliphatic rings. The molecule has 0 spiro atoms. The van der Waals surface area contributed by atoms with Crippen LogP contribution in [-0.4, -0.2) is 4.98 Å². The molecule has 1 aromatic heterocycles. The third kappa shape index (κ3) is 2.75. The smallest absolute Gasteiger partial charge is 0.0794 e. The lowest BCUT2D eigenvalue weighted by Gasteiger charge is -2.09. The molecule has 0 saturated heterocycles. The fourth-order valence-corrected chi connectivity index (χ4v) is 2.59. The second-order valence-corrected chi connectivity index (χ2v) is 5.63. The summed E-state index contributed by atoms with van der Waals surface area (Å²) in [5, 5.41) is 4.10. The second-order valence-electron chi connectivity index (χ2n) is 3.40. The molecule has 0 fully saturated rings. The van der Waals surface area contributed by atoms with Crippen LogP contribution in [0.4, 0.5) is 5.69 Å². The van der Waals surface area contributed by atoms with Crippen LogP contribution >= 0.6 is 38.9 Å². The predicted octanol–water partition coefficient (Wildman–Crippen LogP) is 4.48. The topological polar surface area (TPSA) is 24.9 Å². The zero-order valence-corrected chi connectivity index (χ0v) is 11.8. The maximum absolute atomic E-state index is 6.08. The van der Waals surface area contributed by atoms with Crippen molar-refractivity contribution in [1.29, 1.82) is 0 Å². The Labute approximate surface area is 112 Å². The highest BCUT2D eigenvalue weighted by Crippen LogP contribution is 2.29. The summed E-state index contributed by atoms with van der Waals surface area (Å²) in [5.74, 6) is 0. The van der Waals surface area contributed by atoms with Crippen LogP contribution in [0.25, 0.3) is 0 Å². The van der Waals surface area contributed by atoms with Gasteiger partial charge < -0.3 is 5.32 Å². The number of aromatic nitrogens is 1. The van der Waals surface area contributed by atoms with E-state index in [0.717, 1.165) is 27.3 Å². The Hall–Kier alpha value is -0.580. The van der Waals surface area contributed by atoms with E-state index in [1.807, 2.05) is 30.8 Å². The van der Waals surface area contributed by atoms with Crippen molar-refractivity contribution in [3.05, 3.63) is 43.8 Å². The van der Waals surface area contributed by atoms with Gasteiger partial charge >= 0.3 is 0 Å². The number of nitrogens with one attached hydrogen (secondary N) is 1. The van der Waals surface area contributed by atoms with Gasteiger partial charge in [0.2, 0.25) is 0 Å². The molecular formula is C11H10BrClN2S. The van der Waals surface area contributed by atoms with Gasteiger partial charge in [-0.25, -0.2) is 0 Å². The molecule has 1 aromatic carbocycles. The van der Waals surface area contributed by atoms with Gasteiger partial charge in [-0.2, -0.15) is 0 Å². The molecule has 16 heavy (non-hydrogen) atoms. The lowest BCUT2D eigenvalue weighted by molar-refractivity contribution is 1.17. The first-order valence-corrected chi connectivity index (χ1v) is 6.79. The highest BCUT2D eigenvalue weighted by molar-refractivity contribution is 9.10. The van der Waals surface area contributed by atoms with Crippen molar-refractivity contribution in [1.82, 2.24) is 4.98 Å². The Kier molecular flexibility index (Phi) is 3.84. The lowest BCUT2D eigenvalue weighted by Crippen LogP contribution is -1.98. The number of anilines is 1. The average molecular weight is 318 g/mol. The van der Waals surface area contributed by atoms with Crippen molar-refractivity contribution in [3.8, 4) is 0 Å². The molecule has 0 unspecified atom stereocenters. The zero-order valence-electron chi connectivity index (χ0n) is 8.63. The highest BCUT2D eigenvalue weighted by atomic mass is 79.9. The molecule has 0 aliphatic heterocycles. The number of rotatable bonds is 3. The van der Waals surface area contributed by atoms with Gasteiger partial charge in [0.05, 0.1) is 17.7 Å². The molecule has 84 valence electrons. The molecule has 0 bridgehead atoms. The van der Waals surface area contributed by atoms with E-state index in [1.165, 1.54) is 4.88 Å². The molecule has 0 amide bonds. The molecule has 0 atom stereocenters. The van der Waals surface area contributed by atoms with Gasteiger partial charge in [-0.3, -0.25) is 4.98 Å². The quantitative estimate of drug-likeness (QED) is 0.903. The molecule has 2 rings (SSSR count). The fourth-order valence-electron chi connectivity index (χ4n) is 1.29. The van der Waals surface area contributed by atoms with Crippen molar-refractivity contribution in [2.45, 2.75) is 13.5 Å². The van der Waals surface area contributed by atoms with Crippen molar-refractivity contribution in [2.75, 3.05) is 5.32 Å². The number of nitrogens with zero attached hydrogens (tertiary/aromatic N) is 1. The van der Waals surface area contributed by atoms with Crippen molar-refractivity contribution >= 4 is 44.6 Å². The van der Waals surface area contributed by atoms with E-state index in [4.69, 9.17) is 11.6 Å². The van der Waals surface area contributed by atoms with Crippen LogP contribution < -0.4 is 5.32 Å². The predicted molar refractivity (Wildman–Crippen MR) is 73.3 cm³/mol. The van der Waals surface area contributed by atoms with Crippen molar-refractivity contribution < 1.29 is 0 Å². The van der Waals surface area contributed by atoms with Crippen LogP contribution in [-0.2, 0) is 6.54 Å². The molecule has 1 N–H and O–H groups in total. The molecule has 0 radical (unpaired) electrons. The lowest BCUT2D eigenvalue weighted by atomic mass is 10.2. The minimum Gasteiger partial charge on any atom is -0.379 e. The van der Waals surface area contributed by atoms with Gasteiger partial charge in [-0.1, -0.05) is 11.6 Å². The van der Waals surface area contributed by atoms with E-state index in [9.17, 15) is 0 Å². The van der Waals surface area contributed by atoms with Gasteiger partial charge in [0.1, 0.15) is 0 Å². The Morgan fingerprint density at radius 2 is 2.31 bits per heavy atom. The Bertz CT molecular complexity index is 485. The van der Waals surface area contributed by atoms with E-state index >= 15 is 0 Å². The number of aryl methyl sites for hydroxylation is 1. The van der Waals surface area contributed by atoms with Crippen LogP contribution in [0.15, 0.2) is 28.3 Å². The Morgan fingerprint density at radius 3 is 3.00 bits per heavy atom. The van der Waals surface area contributed by atoms with Crippen LogP contribution in [0.2, 0.25) is 5.02 Å². The van der Waals surface area contributed by atoms with Gasteiger partial charge in [0, 0.05) is 20.6 Å². The summed E-state index contributed by atoms with van der Waals surface area (Å²) >= 11 is 11.2. The number of benzene rings is 1. The van der Waals surface area contributed by atoms with E-state index in [2.05, 4.69) is 26.2 Å². The van der Waals surface area contributed by atoms with E-state index in [-0.39, 0.29) is 0 Å². The fraction of sp³-hybridized carbons (Fsp3) is 0.182. The number of hydrogen-bond donors (Lipinski definition) is 1. The molecule has 2 aromatic rings. The maximum Gasteiger partial charge on any atom is 0.0794 e. The number of halogens is 2. The third-order valence-corrected chi connectivity index (χ3v) is 4.03. The summed E-state index contributed by atoms with van der Waals surface area (Å²) < 4.78 is 1.03. The first-order chi connectivity index (χ1) is 7.66. The number of hydrogen-bond acceptors (Lipinski definition) is 3. The summed E-state index contributed by atoms with van der Waals surface area (Å²) in [6.45, 7) is 2.75. The monoisotopic (exact) mass is 316 g/mol. The molecule has 0 aliphatic carbocycles. The van der Waals surface area contributed by atoms with Crippen molar-refractivity contribution in [2.24, 2.45) is 0 Å². The number of thiazole rings is 1. The van der Waals surface area contributed by atoms with Crippen LogP contribution in [0.3, 0.4) is 0 Å². The zero-order chi connectivity index (χ0) is 11.5. The standard InChI is InChI=1S/C11H10BrClN2S/c1-7-2-9(12)11(3-10(7)13)15-5-8-4-14-6-16-8/h2-4,6,15H,5H2,1H3. The first-order valence-electron chi connectivity index (χ1n) is 4.73. The summed E-state index contributed by atoms with van der Waals surface area (Å²) in [6.07, 6.45) is 1.86. The second kappa shape index (κ2) is 5.17. The summed E-state index contributed by atoms with van der Waals surface area (Å²) in [7, 11) is 0. The summed E-state index contributed by atoms with van der Waals surface area (Å²) in [4.78, 5) is 5.23. The molecule has 0 saturated carbocycles. The Balaban J connectivity index is 2.12. The van der Waals surface area contributed by atoms with Gasteiger partial charge in [0.15, 0.2) is 0 Å². The minimum atomic E-state index is 0.767. The largest absolute Gasteiger partial charge is 0.379 e. The first kappa shape index (κ1) is 11.9. The maximum atomic E-state index is 6.08. The average Bonchev–Trinajstić information content (AvgIpc) is 2.74. The molecule has 1 heterocycles. The van der Waals surface area contributed by atoms with E-state index in [0.29, 0.717) is 0 Å². The van der Waals surface area contributed by atoms with Gasteiger partial charge in [0.25, 0.3) is 0 Å². The minimum absolute atomic E-state index is 0.767. The van der Waals surface area contributed by atoms with Crippen LogP contribution in [0, 0.1) is 6.92 Å². The van der Waals surface area contributed by atoms with Gasteiger partial charge in [-0.15, -0.1) is 11.3 Å². The summed E-state index contributed by atoms with van der Waals surface area (Å²) in [5.41, 5.74) is 3.90. The highest BCUT2D eigenvalue weighted by Gasteiger charge is 2.04. The normalized spacial score (nSPS) is 10.4.